The van der Waals surface area contributed by atoms with E-state index in [-0.39, 0.29) is 0 Å². The fourth-order valence-corrected chi connectivity index (χ4v) is 2.96. The molecular formula is C17H25N7O. The number of aromatic nitrogens is 2. The molecule has 1 aromatic carbocycles. The largest absolute Gasteiger partial charge is 0.497 e. The Labute approximate surface area is 147 Å². The summed E-state index contributed by atoms with van der Waals surface area (Å²) in [4.78, 5) is 8.77. The maximum absolute atomic E-state index is 6.21. The molecule has 1 aliphatic rings. The molecule has 0 atom stereocenters. The Bertz CT molecular complexity index is 699. The van der Waals surface area contributed by atoms with Crippen molar-refractivity contribution in [2.45, 2.75) is 37.8 Å². The van der Waals surface area contributed by atoms with Crippen LogP contribution >= 0.6 is 0 Å². The molecule has 134 valence electrons. The van der Waals surface area contributed by atoms with Crippen molar-refractivity contribution in [3.8, 4) is 5.75 Å². The van der Waals surface area contributed by atoms with Crippen molar-refractivity contribution in [1.29, 1.82) is 0 Å². The van der Waals surface area contributed by atoms with Gasteiger partial charge in [-0.25, -0.2) is 10.8 Å². The number of anilines is 4. The molecule has 1 aromatic heterocycles. The van der Waals surface area contributed by atoms with Crippen LogP contribution in [0.15, 0.2) is 30.5 Å². The molecule has 3 rings (SSSR count). The zero-order chi connectivity index (χ0) is 17.8. The lowest BCUT2D eigenvalue weighted by atomic mass is 9.92. The number of rotatable bonds is 5. The molecule has 0 saturated heterocycles. The highest BCUT2D eigenvalue weighted by atomic mass is 16.5. The predicted octanol–water partition coefficient (Wildman–Crippen LogP) is 1.76. The normalized spacial score (nSPS) is 20.1. The Morgan fingerprint density at radius 3 is 2.48 bits per heavy atom. The fraction of sp³-hybridized carbons (Fsp3) is 0.412. The number of hydrazine groups is 1. The molecule has 1 fully saturated rings. The van der Waals surface area contributed by atoms with Crippen molar-refractivity contribution in [3.63, 3.8) is 0 Å². The quantitative estimate of drug-likeness (QED) is 0.477. The van der Waals surface area contributed by atoms with Crippen molar-refractivity contribution in [2.24, 2.45) is 11.6 Å². The SMILES string of the molecule is COc1ccc(N(N)c2nc(NC3CCC(N)CC3)ncc2N)cc1. The topological polar surface area (TPSA) is 128 Å². The summed E-state index contributed by atoms with van der Waals surface area (Å²) in [7, 11) is 1.62. The van der Waals surface area contributed by atoms with Crippen molar-refractivity contribution in [3.05, 3.63) is 30.5 Å². The molecule has 0 aliphatic heterocycles. The van der Waals surface area contributed by atoms with E-state index in [2.05, 4.69) is 15.3 Å². The van der Waals surface area contributed by atoms with E-state index in [0.29, 0.717) is 29.5 Å². The van der Waals surface area contributed by atoms with Crippen LogP contribution in [-0.4, -0.2) is 29.2 Å². The smallest absolute Gasteiger partial charge is 0.225 e. The zero-order valence-electron chi connectivity index (χ0n) is 14.4. The minimum Gasteiger partial charge on any atom is -0.497 e. The Morgan fingerprint density at radius 1 is 1.16 bits per heavy atom. The van der Waals surface area contributed by atoms with Crippen LogP contribution in [0.3, 0.4) is 0 Å². The van der Waals surface area contributed by atoms with Gasteiger partial charge >= 0.3 is 0 Å². The monoisotopic (exact) mass is 343 g/mol. The molecule has 0 spiro atoms. The van der Waals surface area contributed by atoms with Gasteiger partial charge in [0.05, 0.1) is 24.7 Å². The second-order valence-corrected chi connectivity index (χ2v) is 6.30. The average Bonchev–Trinajstić information content (AvgIpc) is 2.64. The van der Waals surface area contributed by atoms with Gasteiger partial charge in [-0.3, -0.25) is 5.01 Å². The minimum absolute atomic E-state index is 0.301. The number of benzene rings is 1. The van der Waals surface area contributed by atoms with Crippen molar-refractivity contribution < 1.29 is 4.74 Å². The second-order valence-electron chi connectivity index (χ2n) is 6.30. The van der Waals surface area contributed by atoms with E-state index in [0.717, 1.165) is 37.1 Å². The highest BCUT2D eigenvalue weighted by Gasteiger charge is 2.20. The van der Waals surface area contributed by atoms with E-state index in [4.69, 9.17) is 22.0 Å². The van der Waals surface area contributed by atoms with E-state index in [9.17, 15) is 0 Å². The standard InChI is InChI=1S/C17H25N7O/c1-25-14-8-6-13(7-9-14)24(20)16-15(19)10-21-17(23-16)22-12-4-2-11(18)3-5-12/h6-12H,2-5,18-20H2,1H3,(H,21,22,23). The van der Waals surface area contributed by atoms with Gasteiger partial charge in [-0.1, -0.05) is 0 Å². The maximum Gasteiger partial charge on any atom is 0.225 e. The summed E-state index contributed by atoms with van der Waals surface area (Å²) in [5.41, 5.74) is 13.1. The Hall–Kier alpha value is -2.58. The highest BCUT2D eigenvalue weighted by Crippen LogP contribution is 2.28. The maximum atomic E-state index is 6.21. The Morgan fingerprint density at radius 2 is 1.84 bits per heavy atom. The number of methoxy groups -OCH3 is 1. The molecule has 0 radical (unpaired) electrons. The Balaban J connectivity index is 1.76. The molecule has 1 aliphatic carbocycles. The second kappa shape index (κ2) is 7.54. The molecule has 7 N–H and O–H groups in total. The lowest BCUT2D eigenvalue weighted by Crippen LogP contribution is -2.33. The molecular weight excluding hydrogens is 318 g/mol. The molecule has 1 heterocycles. The van der Waals surface area contributed by atoms with Gasteiger partial charge in [0.15, 0.2) is 5.82 Å². The van der Waals surface area contributed by atoms with E-state index >= 15 is 0 Å². The molecule has 0 unspecified atom stereocenters. The molecule has 0 bridgehead atoms. The number of nitrogens with one attached hydrogen (secondary N) is 1. The van der Waals surface area contributed by atoms with Crippen LogP contribution in [0.25, 0.3) is 0 Å². The number of nitrogens with zero attached hydrogens (tertiary/aromatic N) is 3. The first-order chi connectivity index (χ1) is 12.1. The summed E-state index contributed by atoms with van der Waals surface area (Å²) in [6.45, 7) is 0. The molecule has 25 heavy (non-hydrogen) atoms. The minimum atomic E-state index is 0.301. The van der Waals surface area contributed by atoms with Crippen LogP contribution in [-0.2, 0) is 0 Å². The first-order valence-electron chi connectivity index (χ1n) is 8.40. The average molecular weight is 343 g/mol. The highest BCUT2D eigenvalue weighted by molar-refractivity contribution is 5.70. The third-order valence-corrected chi connectivity index (χ3v) is 4.48. The lowest BCUT2D eigenvalue weighted by Gasteiger charge is -2.27. The van der Waals surface area contributed by atoms with Gasteiger partial charge in [-0.05, 0) is 49.9 Å². The first-order valence-corrected chi connectivity index (χ1v) is 8.40. The summed E-state index contributed by atoms with van der Waals surface area (Å²) in [5, 5.41) is 4.80. The fourth-order valence-electron chi connectivity index (χ4n) is 2.96. The van der Waals surface area contributed by atoms with Crippen LogP contribution in [0.4, 0.5) is 23.1 Å². The number of nitrogens with two attached hydrogens (primary N) is 3. The molecule has 2 aromatic rings. The third-order valence-electron chi connectivity index (χ3n) is 4.48. The van der Waals surface area contributed by atoms with E-state index in [1.807, 2.05) is 24.3 Å². The van der Waals surface area contributed by atoms with Gasteiger partial charge in [0, 0.05) is 12.1 Å². The number of ether oxygens (including phenoxy) is 1. The van der Waals surface area contributed by atoms with Crippen LogP contribution in [0.1, 0.15) is 25.7 Å². The third kappa shape index (κ3) is 4.09. The van der Waals surface area contributed by atoms with Gasteiger partial charge in [0.1, 0.15) is 5.75 Å². The number of hydrogen-bond donors (Lipinski definition) is 4. The summed E-state index contributed by atoms with van der Waals surface area (Å²) in [6.07, 6.45) is 5.61. The zero-order valence-corrected chi connectivity index (χ0v) is 14.4. The van der Waals surface area contributed by atoms with Crippen LogP contribution in [0.5, 0.6) is 5.75 Å². The van der Waals surface area contributed by atoms with E-state index < -0.39 is 0 Å². The predicted molar refractivity (Wildman–Crippen MR) is 99.6 cm³/mol. The summed E-state index contributed by atoms with van der Waals surface area (Å²) in [5.74, 6) is 7.94. The van der Waals surface area contributed by atoms with Crippen LogP contribution < -0.4 is 32.4 Å². The van der Waals surface area contributed by atoms with Crippen LogP contribution in [0.2, 0.25) is 0 Å². The number of nitrogen functional groups attached to an aromatic ring is 1. The number of hydrogen-bond acceptors (Lipinski definition) is 8. The first kappa shape index (κ1) is 17.2. The van der Waals surface area contributed by atoms with Crippen LogP contribution in [0, 0.1) is 0 Å². The molecule has 8 nitrogen and oxygen atoms in total. The van der Waals surface area contributed by atoms with Crippen molar-refractivity contribution in [2.75, 3.05) is 23.2 Å². The summed E-state index contributed by atoms with van der Waals surface area (Å²) >= 11 is 0. The lowest BCUT2D eigenvalue weighted by molar-refractivity contribution is 0.410. The Kier molecular flexibility index (Phi) is 5.20. The molecule has 1 saturated carbocycles. The van der Waals surface area contributed by atoms with E-state index in [1.165, 1.54) is 5.01 Å². The van der Waals surface area contributed by atoms with Gasteiger partial charge in [0.25, 0.3) is 0 Å². The van der Waals surface area contributed by atoms with Gasteiger partial charge in [0.2, 0.25) is 5.95 Å². The molecule has 8 heteroatoms. The van der Waals surface area contributed by atoms with Gasteiger partial charge < -0.3 is 21.5 Å². The van der Waals surface area contributed by atoms with E-state index in [1.54, 1.807) is 13.3 Å². The summed E-state index contributed by atoms with van der Waals surface area (Å²) < 4.78 is 5.16. The molecule has 0 amide bonds. The summed E-state index contributed by atoms with van der Waals surface area (Å²) in [6, 6.07) is 7.97. The van der Waals surface area contributed by atoms with Crippen molar-refractivity contribution in [1.82, 2.24) is 9.97 Å². The van der Waals surface area contributed by atoms with Gasteiger partial charge in [-0.2, -0.15) is 4.98 Å². The van der Waals surface area contributed by atoms with Crippen molar-refractivity contribution >= 4 is 23.1 Å². The van der Waals surface area contributed by atoms with Gasteiger partial charge in [-0.15, -0.1) is 0 Å².